The molecule has 7 nitrogen and oxygen atoms in total. The molecule has 0 radical (unpaired) electrons. The van der Waals surface area contributed by atoms with E-state index in [-0.39, 0.29) is 11.3 Å². The summed E-state index contributed by atoms with van der Waals surface area (Å²) in [5.74, 6) is 0.246. The van der Waals surface area contributed by atoms with Crippen LogP contribution in [0.15, 0.2) is 64.5 Å². The van der Waals surface area contributed by atoms with E-state index in [9.17, 15) is 9.59 Å². The second-order valence-corrected chi connectivity index (χ2v) is 5.64. The predicted molar refractivity (Wildman–Crippen MR) is 105 cm³/mol. The Kier molecular flexibility index (Phi) is 5.41. The molecule has 0 saturated heterocycles. The highest BCUT2D eigenvalue weighted by Crippen LogP contribution is 2.18. The van der Waals surface area contributed by atoms with Crippen molar-refractivity contribution in [3.8, 4) is 5.75 Å². The summed E-state index contributed by atoms with van der Waals surface area (Å²) in [7, 11) is 3.11. The quantitative estimate of drug-likeness (QED) is 0.558. The van der Waals surface area contributed by atoms with Gasteiger partial charge >= 0.3 is 0 Å². The summed E-state index contributed by atoms with van der Waals surface area (Å²) >= 11 is 0. The van der Waals surface area contributed by atoms with Crippen molar-refractivity contribution in [2.45, 2.75) is 0 Å². The van der Waals surface area contributed by atoms with Gasteiger partial charge in [0, 0.05) is 24.2 Å². The number of ether oxygens (including phenoxy) is 1. The van der Waals surface area contributed by atoms with Crippen LogP contribution in [0.25, 0.3) is 16.8 Å². The molecular weight excluding hydrogens is 344 g/mol. The first-order valence-electron chi connectivity index (χ1n) is 8.21. The number of allylic oxidation sites excluding steroid dienone is 1. The van der Waals surface area contributed by atoms with E-state index in [0.29, 0.717) is 10.8 Å². The number of hydrogen-bond acceptors (Lipinski definition) is 5. The van der Waals surface area contributed by atoms with E-state index in [2.05, 4.69) is 15.6 Å². The molecule has 1 aromatic heterocycles. The minimum absolute atomic E-state index is 0.138. The van der Waals surface area contributed by atoms with E-state index < -0.39 is 5.91 Å². The lowest BCUT2D eigenvalue weighted by molar-refractivity contribution is 0.0950. The van der Waals surface area contributed by atoms with Crippen molar-refractivity contribution in [2.75, 3.05) is 7.11 Å². The fourth-order valence-electron chi connectivity index (χ4n) is 2.61. The summed E-state index contributed by atoms with van der Waals surface area (Å²) < 4.78 is 6.40. The fourth-order valence-corrected chi connectivity index (χ4v) is 2.61. The van der Waals surface area contributed by atoms with Gasteiger partial charge in [0.15, 0.2) is 5.69 Å². The van der Waals surface area contributed by atoms with Crippen molar-refractivity contribution in [3.05, 3.63) is 76.2 Å². The minimum Gasteiger partial charge on any atom is -0.496 e. The van der Waals surface area contributed by atoms with E-state index in [1.165, 1.54) is 13.3 Å². The van der Waals surface area contributed by atoms with Crippen LogP contribution in [-0.2, 0) is 7.05 Å². The van der Waals surface area contributed by atoms with Gasteiger partial charge in [0.1, 0.15) is 5.75 Å². The smallest absolute Gasteiger partial charge is 0.292 e. The van der Waals surface area contributed by atoms with Crippen molar-refractivity contribution in [3.63, 3.8) is 0 Å². The van der Waals surface area contributed by atoms with Crippen LogP contribution in [0.4, 0.5) is 0 Å². The Labute approximate surface area is 155 Å². The number of nitrogens with one attached hydrogen (secondary N) is 1. The molecule has 0 aliphatic heterocycles. The van der Waals surface area contributed by atoms with Crippen LogP contribution in [0.5, 0.6) is 5.75 Å². The Hall–Kier alpha value is -3.74. The average Bonchev–Trinajstić information content (AvgIpc) is 2.70. The van der Waals surface area contributed by atoms with Crippen LogP contribution >= 0.6 is 0 Å². The number of hydrazone groups is 1. The van der Waals surface area contributed by atoms with Gasteiger partial charge in [-0.25, -0.2) is 10.1 Å². The Morgan fingerprint density at radius 3 is 2.63 bits per heavy atom. The maximum atomic E-state index is 12.4. The topological polar surface area (TPSA) is 85.6 Å². The predicted octanol–water partition coefficient (Wildman–Crippen LogP) is 2.37. The van der Waals surface area contributed by atoms with E-state index in [1.54, 1.807) is 37.5 Å². The van der Waals surface area contributed by atoms with Crippen molar-refractivity contribution >= 4 is 29.0 Å². The second-order valence-electron chi connectivity index (χ2n) is 5.64. The number of nitrogens with zero attached hydrogens (tertiary/aromatic N) is 3. The summed E-state index contributed by atoms with van der Waals surface area (Å²) in [6.45, 7) is 0. The highest BCUT2D eigenvalue weighted by Gasteiger charge is 2.14. The number of benzene rings is 2. The normalized spacial score (nSPS) is 11.3. The maximum absolute atomic E-state index is 12.4. The van der Waals surface area contributed by atoms with Gasteiger partial charge in [-0.1, -0.05) is 36.4 Å². The highest BCUT2D eigenvalue weighted by atomic mass is 16.5. The van der Waals surface area contributed by atoms with Crippen LogP contribution in [0.1, 0.15) is 16.1 Å². The van der Waals surface area contributed by atoms with Crippen LogP contribution in [0, 0.1) is 0 Å². The number of amides is 1. The zero-order valence-corrected chi connectivity index (χ0v) is 14.9. The highest BCUT2D eigenvalue weighted by molar-refractivity contribution is 6.04. The van der Waals surface area contributed by atoms with Gasteiger partial charge in [-0.3, -0.25) is 9.59 Å². The molecule has 0 bridgehead atoms. The van der Waals surface area contributed by atoms with E-state index in [0.717, 1.165) is 16.0 Å². The van der Waals surface area contributed by atoms with Crippen molar-refractivity contribution in [1.29, 1.82) is 0 Å². The SMILES string of the molecule is COc1ccccc1/C=C/C=N\NC(=O)c1nn(C)c(=O)c2ccccc12. The first kappa shape index (κ1) is 18.1. The fraction of sp³-hybridized carbons (Fsp3) is 0.100. The first-order valence-corrected chi connectivity index (χ1v) is 8.21. The van der Waals surface area contributed by atoms with Crippen molar-refractivity contribution < 1.29 is 9.53 Å². The number of aromatic nitrogens is 2. The largest absolute Gasteiger partial charge is 0.496 e. The molecule has 0 saturated carbocycles. The molecule has 3 rings (SSSR count). The zero-order valence-electron chi connectivity index (χ0n) is 14.9. The molecule has 136 valence electrons. The molecule has 3 aromatic rings. The number of aryl methyl sites for hydroxylation is 1. The monoisotopic (exact) mass is 362 g/mol. The number of carbonyl (C=O) groups excluding carboxylic acids is 1. The lowest BCUT2D eigenvalue weighted by atomic mass is 10.1. The van der Waals surface area contributed by atoms with E-state index in [1.807, 2.05) is 30.3 Å². The van der Waals surface area contributed by atoms with Gasteiger partial charge in [-0.05, 0) is 24.3 Å². The summed E-state index contributed by atoms with van der Waals surface area (Å²) in [4.78, 5) is 24.5. The second kappa shape index (κ2) is 8.09. The van der Waals surface area contributed by atoms with Gasteiger partial charge in [-0.15, -0.1) is 0 Å². The Morgan fingerprint density at radius 2 is 1.85 bits per heavy atom. The average molecular weight is 362 g/mol. The molecule has 2 aromatic carbocycles. The Balaban J connectivity index is 1.76. The molecule has 1 heterocycles. The van der Waals surface area contributed by atoms with E-state index in [4.69, 9.17) is 4.74 Å². The molecule has 0 aliphatic carbocycles. The zero-order chi connectivity index (χ0) is 19.2. The molecule has 0 unspecified atom stereocenters. The molecule has 0 fully saturated rings. The molecule has 0 spiro atoms. The number of para-hydroxylation sites is 1. The summed E-state index contributed by atoms with van der Waals surface area (Å²) in [5, 5.41) is 8.87. The van der Waals surface area contributed by atoms with Gasteiger partial charge in [0.2, 0.25) is 0 Å². The van der Waals surface area contributed by atoms with Crippen LogP contribution < -0.4 is 15.7 Å². The van der Waals surface area contributed by atoms with E-state index >= 15 is 0 Å². The van der Waals surface area contributed by atoms with Crippen molar-refractivity contribution in [1.82, 2.24) is 15.2 Å². The molecular formula is C20H18N4O3. The molecule has 1 N–H and O–H groups in total. The molecule has 0 aliphatic rings. The molecule has 1 amide bonds. The number of carbonyl (C=O) groups is 1. The molecule has 0 atom stereocenters. The van der Waals surface area contributed by atoms with Gasteiger partial charge in [0.25, 0.3) is 11.5 Å². The Bertz CT molecular complexity index is 1100. The maximum Gasteiger partial charge on any atom is 0.292 e. The first-order chi connectivity index (χ1) is 13.1. The van der Waals surface area contributed by atoms with Gasteiger partial charge in [-0.2, -0.15) is 10.2 Å². The van der Waals surface area contributed by atoms with Crippen LogP contribution in [0.2, 0.25) is 0 Å². The standard InChI is InChI=1S/C20H18N4O3/c1-24-20(26)16-11-5-4-10-15(16)18(23-24)19(25)22-21-13-7-9-14-8-3-6-12-17(14)27-2/h3-13H,1-2H3,(H,22,25)/b9-7+,21-13-. The third-order valence-electron chi connectivity index (χ3n) is 3.91. The summed E-state index contributed by atoms with van der Waals surface area (Å²) in [6.07, 6.45) is 4.95. The minimum atomic E-state index is -0.497. The van der Waals surface area contributed by atoms with Gasteiger partial charge in [0.05, 0.1) is 12.5 Å². The summed E-state index contributed by atoms with van der Waals surface area (Å²) in [5.41, 5.74) is 3.19. The van der Waals surface area contributed by atoms with Crippen LogP contribution in [0.3, 0.4) is 0 Å². The lowest BCUT2D eigenvalue weighted by Crippen LogP contribution is -2.27. The summed E-state index contributed by atoms with van der Waals surface area (Å²) in [6, 6.07) is 14.4. The third-order valence-corrected chi connectivity index (χ3v) is 3.91. The number of rotatable bonds is 5. The van der Waals surface area contributed by atoms with Gasteiger partial charge < -0.3 is 4.74 Å². The number of fused-ring (bicyclic) bond motifs is 1. The molecule has 27 heavy (non-hydrogen) atoms. The molecule has 7 heteroatoms. The Morgan fingerprint density at radius 1 is 1.15 bits per heavy atom. The number of methoxy groups -OCH3 is 1. The van der Waals surface area contributed by atoms with Crippen molar-refractivity contribution in [2.24, 2.45) is 12.1 Å². The number of hydrogen-bond donors (Lipinski definition) is 1. The van der Waals surface area contributed by atoms with Crippen LogP contribution in [-0.4, -0.2) is 29.0 Å². The third kappa shape index (κ3) is 3.92. The lowest BCUT2D eigenvalue weighted by Gasteiger charge is -2.06.